The lowest BCUT2D eigenvalue weighted by Crippen LogP contribution is -2.23. The van der Waals surface area contributed by atoms with Gasteiger partial charge in [-0.25, -0.2) is 22.9 Å². The van der Waals surface area contributed by atoms with Gasteiger partial charge >= 0.3 is 5.97 Å². The maximum atomic E-state index is 12.4. The number of sulfonamides is 1. The summed E-state index contributed by atoms with van der Waals surface area (Å²) in [5, 5.41) is 8.98. The molecular weight excluding hydrogens is 334 g/mol. The molecule has 0 aliphatic carbocycles. The molecule has 2 heterocycles. The first-order valence-electron chi connectivity index (χ1n) is 7.01. The number of carboxylic acids is 1. The molecular formula is C15H15N3O5S. The van der Waals surface area contributed by atoms with Gasteiger partial charge in [-0.2, -0.15) is 0 Å². The highest BCUT2D eigenvalue weighted by Gasteiger charge is 2.18. The monoisotopic (exact) mass is 349 g/mol. The summed E-state index contributed by atoms with van der Waals surface area (Å²) in [4.78, 5) is 15.2. The van der Waals surface area contributed by atoms with Crippen LogP contribution in [0.3, 0.4) is 0 Å². The Labute approximate surface area is 137 Å². The Bertz CT molecular complexity index is 1030. The van der Waals surface area contributed by atoms with Crippen molar-refractivity contribution in [1.29, 1.82) is 0 Å². The van der Waals surface area contributed by atoms with Gasteiger partial charge in [0.2, 0.25) is 10.0 Å². The number of hydrogen-bond donors (Lipinski definition) is 2. The zero-order chi connectivity index (χ0) is 17.5. The summed E-state index contributed by atoms with van der Waals surface area (Å²) in [6.45, 7) is 1.37. The van der Waals surface area contributed by atoms with Crippen molar-refractivity contribution < 1.29 is 22.7 Å². The number of nitrogens with one attached hydrogen (secondary N) is 1. The number of furan rings is 1. The van der Waals surface area contributed by atoms with Gasteiger partial charge in [0, 0.05) is 7.05 Å². The SMILES string of the molecule is Cc1oc(CNS(=O)(=O)c2ccc3c(c2)ncn3C)cc1C(=O)O. The van der Waals surface area contributed by atoms with Gasteiger partial charge in [0.1, 0.15) is 17.1 Å². The van der Waals surface area contributed by atoms with Crippen LogP contribution in [0.25, 0.3) is 11.0 Å². The summed E-state index contributed by atoms with van der Waals surface area (Å²) in [5.74, 6) is -0.662. The van der Waals surface area contributed by atoms with E-state index in [0.717, 1.165) is 5.52 Å². The molecule has 0 saturated carbocycles. The number of nitrogens with zero attached hydrogens (tertiary/aromatic N) is 2. The third-order valence-corrected chi connectivity index (χ3v) is 5.04. The van der Waals surface area contributed by atoms with E-state index in [2.05, 4.69) is 9.71 Å². The molecule has 3 rings (SSSR count). The van der Waals surface area contributed by atoms with Crippen molar-refractivity contribution in [3.63, 3.8) is 0 Å². The van der Waals surface area contributed by atoms with Crippen LogP contribution in [0.1, 0.15) is 21.9 Å². The third kappa shape index (κ3) is 2.91. The number of aromatic nitrogens is 2. The zero-order valence-electron chi connectivity index (χ0n) is 13.0. The summed E-state index contributed by atoms with van der Waals surface area (Å²) in [5.41, 5.74) is 1.41. The normalized spacial score (nSPS) is 11.9. The Balaban J connectivity index is 1.82. The van der Waals surface area contributed by atoms with Gasteiger partial charge in [0.25, 0.3) is 0 Å². The molecule has 0 spiro atoms. The number of fused-ring (bicyclic) bond motifs is 1. The fourth-order valence-electron chi connectivity index (χ4n) is 2.38. The number of benzene rings is 1. The molecule has 0 atom stereocenters. The fourth-order valence-corrected chi connectivity index (χ4v) is 3.39. The summed E-state index contributed by atoms with van der Waals surface area (Å²) < 4.78 is 34.2. The maximum absolute atomic E-state index is 12.4. The van der Waals surface area contributed by atoms with E-state index in [-0.39, 0.29) is 28.5 Å². The highest BCUT2D eigenvalue weighted by atomic mass is 32.2. The van der Waals surface area contributed by atoms with E-state index in [1.54, 1.807) is 17.0 Å². The highest BCUT2D eigenvalue weighted by molar-refractivity contribution is 7.89. The molecule has 0 radical (unpaired) electrons. The van der Waals surface area contributed by atoms with Crippen LogP contribution >= 0.6 is 0 Å². The second-order valence-electron chi connectivity index (χ2n) is 5.32. The van der Waals surface area contributed by atoms with Gasteiger partial charge in [0.15, 0.2) is 0 Å². The van der Waals surface area contributed by atoms with Crippen molar-refractivity contribution in [3.05, 3.63) is 47.7 Å². The predicted molar refractivity (Wildman–Crippen MR) is 85.1 cm³/mol. The Kier molecular flexibility index (Phi) is 3.90. The Morgan fingerprint density at radius 2 is 2.12 bits per heavy atom. The van der Waals surface area contributed by atoms with E-state index in [1.165, 1.54) is 25.1 Å². The smallest absolute Gasteiger partial charge is 0.339 e. The number of aromatic carboxylic acids is 1. The minimum absolute atomic E-state index is 0.0131. The molecule has 0 unspecified atom stereocenters. The van der Waals surface area contributed by atoms with Gasteiger partial charge in [0.05, 0.1) is 28.8 Å². The van der Waals surface area contributed by atoms with Crippen molar-refractivity contribution in [2.45, 2.75) is 18.4 Å². The van der Waals surface area contributed by atoms with E-state index < -0.39 is 16.0 Å². The van der Waals surface area contributed by atoms with E-state index in [1.807, 2.05) is 7.05 Å². The van der Waals surface area contributed by atoms with Crippen molar-refractivity contribution in [3.8, 4) is 0 Å². The molecule has 0 saturated heterocycles. The lowest BCUT2D eigenvalue weighted by molar-refractivity contribution is 0.0695. The summed E-state index contributed by atoms with van der Waals surface area (Å²) in [7, 11) is -1.95. The maximum Gasteiger partial charge on any atom is 0.339 e. The highest BCUT2D eigenvalue weighted by Crippen LogP contribution is 2.19. The summed E-state index contributed by atoms with van der Waals surface area (Å²) >= 11 is 0. The molecule has 9 heteroatoms. The molecule has 3 aromatic rings. The quantitative estimate of drug-likeness (QED) is 0.724. The standard InChI is InChI=1S/C15H15N3O5S/c1-9-12(15(19)20)5-10(23-9)7-17-24(21,22)11-3-4-14-13(6-11)16-8-18(14)2/h3-6,8,17H,7H2,1-2H3,(H,19,20). The molecule has 8 nitrogen and oxygen atoms in total. The van der Waals surface area contributed by atoms with Crippen molar-refractivity contribution in [2.24, 2.45) is 7.05 Å². The van der Waals surface area contributed by atoms with Crippen LogP contribution in [-0.2, 0) is 23.6 Å². The van der Waals surface area contributed by atoms with E-state index >= 15 is 0 Å². The molecule has 0 bridgehead atoms. The predicted octanol–water partition coefficient (Wildman–Crippen LogP) is 1.65. The molecule has 24 heavy (non-hydrogen) atoms. The molecule has 1 aromatic carbocycles. The molecule has 0 aliphatic rings. The first-order chi connectivity index (χ1) is 11.3. The van der Waals surface area contributed by atoms with Gasteiger partial charge in [-0.05, 0) is 31.2 Å². The van der Waals surface area contributed by atoms with Gasteiger partial charge in [-0.15, -0.1) is 0 Å². The Morgan fingerprint density at radius 3 is 2.79 bits per heavy atom. The lowest BCUT2D eigenvalue weighted by Gasteiger charge is -2.05. The molecule has 0 amide bonds. The van der Waals surface area contributed by atoms with Crippen LogP contribution < -0.4 is 4.72 Å². The molecule has 2 N–H and O–H groups in total. The van der Waals surface area contributed by atoms with Gasteiger partial charge < -0.3 is 14.1 Å². The average Bonchev–Trinajstić information content (AvgIpc) is 3.08. The van der Waals surface area contributed by atoms with Gasteiger partial charge in [-0.1, -0.05) is 0 Å². The Hall–Kier alpha value is -2.65. The van der Waals surface area contributed by atoms with E-state index in [4.69, 9.17) is 9.52 Å². The minimum Gasteiger partial charge on any atom is -0.478 e. The molecule has 2 aromatic heterocycles. The summed E-state index contributed by atoms with van der Waals surface area (Å²) in [6.07, 6.45) is 1.60. The first-order valence-corrected chi connectivity index (χ1v) is 8.49. The van der Waals surface area contributed by atoms with Crippen LogP contribution in [0.15, 0.2) is 39.9 Å². The second-order valence-corrected chi connectivity index (χ2v) is 7.09. The zero-order valence-corrected chi connectivity index (χ0v) is 13.8. The van der Waals surface area contributed by atoms with Crippen LogP contribution in [0.4, 0.5) is 0 Å². The van der Waals surface area contributed by atoms with Crippen LogP contribution in [0.2, 0.25) is 0 Å². The van der Waals surface area contributed by atoms with Crippen LogP contribution in [-0.4, -0.2) is 29.0 Å². The molecule has 0 fully saturated rings. The molecule has 126 valence electrons. The van der Waals surface area contributed by atoms with E-state index in [0.29, 0.717) is 5.52 Å². The van der Waals surface area contributed by atoms with Gasteiger partial charge in [-0.3, -0.25) is 0 Å². The number of aryl methyl sites for hydroxylation is 2. The molecule has 0 aliphatic heterocycles. The van der Waals surface area contributed by atoms with Crippen molar-refractivity contribution >= 4 is 27.0 Å². The largest absolute Gasteiger partial charge is 0.478 e. The summed E-state index contributed by atoms with van der Waals surface area (Å²) in [6, 6.07) is 5.95. The van der Waals surface area contributed by atoms with E-state index in [9.17, 15) is 13.2 Å². The Morgan fingerprint density at radius 1 is 1.38 bits per heavy atom. The number of carbonyl (C=O) groups is 1. The number of carboxylic acid groups (broad SMARTS) is 1. The van der Waals surface area contributed by atoms with Crippen molar-refractivity contribution in [1.82, 2.24) is 14.3 Å². The fraction of sp³-hybridized carbons (Fsp3) is 0.200. The second kappa shape index (κ2) is 5.77. The number of hydrogen-bond acceptors (Lipinski definition) is 5. The van der Waals surface area contributed by atoms with Crippen LogP contribution in [0, 0.1) is 6.92 Å². The van der Waals surface area contributed by atoms with Crippen LogP contribution in [0.5, 0.6) is 0 Å². The minimum atomic E-state index is -3.77. The first kappa shape index (κ1) is 16.2. The number of imidazole rings is 1. The van der Waals surface area contributed by atoms with Crippen molar-refractivity contribution in [2.75, 3.05) is 0 Å². The lowest BCUT2D eigenvalue weighted by atomic mass is 10.2. The topological polar surface area (TPSA) is 114 Å². The third-order valence-electron chi connectivity index (χ3n) is 3.64. The average molecular weight is 349 g/mol. The number of rotatable bonds is 5.